The minimum absolute atomic E-state index is 0.0232. The molecule has 4 rings (SSSR count). The summed E-state index contributed by atoms with van der Waals surface area (Å²) in [5.74, 6) is -0.649. The van der Waals surface area contributed by atoms with Gasteiger partial charge in [-0.15, -0.1) is 0 Å². The molecular formula is C23H23ClN2O5. The van der Waals surface area contributed by atoms with Crippen LogP contribution in [0, 0.1) is 6.92 Å². The van der Waals surface area contributed by atoms with Crippen LogP contribution in [0.5, 0.6) is 0 Å². The zero-order valence-corrected chi connectivity index (χ0v) is 18.3. The van der Waals surface area contributed by atoms with Gasteiger partial charge in [-0.3, -0.25) is 9.59 Å². The molecule has 0 bridgehead atoms. The molecule has 0 saturated carbocycles. The molecular weight excluding hydrogens is 420 g/mol. The zero-order chi connectivity index (χ0) is 22.3. The van der Waals surface area contributed by atoms with Crippen LogP contribution in [0.3, 0.4) is 0 Å². The van der Waals surface area contributed by atoms with Gasteiger partial charge >= 0.3 is 0 Å². The second-order valence-corrected chi connectivity index (χ2v) is 8.33. The summed E-state index contributed by atoms with van der Waals surface area (Å²) in [6.07, 6.45) is 0.673. The van der Waals surface area contributed by atoms with Crippen molar-refractivity contribution < 1.29 is 23.5 Å². The van der Waals surface area contributed by atoms with Gasteiger partial charge in [0.05, 0.1) is 5.57 Å². The Kier molecular flexibility index (Phi) is 5.64. The fraction of sp³-hybridized carbons (Fsp3) is 0.304. The molecule has 2 aromatic heterocycles. The third-order valence-corrected chi connectivity index (χ3v) is 5.52. The smallest absolute Gasteiger partial charge is 0.290 e. The lowest BCUT2D eigenvalue weighted by Crippen LogP contribution is -2.33. The van der Waals surface area contributed by atoms with E-state index in [1.165, 1.54) is 4.90 Å². The monoisotopic (exact) mass is 442 g/mol. The highest BCUT2D eigenvalue weighted by Crippen LogP contribution is 2.40. The van der Waals surface area contributed by atoms with Crippen molar-refractivity contribution in [3.63, 3.8) is 0 Å². The summed E-state index contributed by atoms with van der Waals surface area (Å²) in [5, 5.41) is 11.9. The maximum Gasteiger partial charge on any atom is 0.290 e. The van der Waals surface area contributed by atoms with E-state index in [0.717, 1.165) is 6.54 Å². The summed E-state index contributed by atoms with van der Waals surface area (Å²) in [4.78, 5) is 29.8. The van der Waals surface area contributed by atoms with Crippen molar-refractivity contribution in [1.29, 1.82) is 0 Å². The van der Waals surface area contributed by atoms with Crippen LogP contribution in [0.4, 0.5) is 0 Å². The molecule has 0 fully saturated rings. The second-order valence-electron chi connectivity index (χ2n) is 7.89. The highest BCUT2D eigenvalue weighted by Gasteiger charge is 2.45. The van der Waals surface area contributed by atoms with Crippen molar-refractivity contribution in [3.05, 3.63) is 70.0 Å². The number of halogens is 1. The van der Waals surface area contributed by atoms with E-state index in [9.17, 15) is 14.7 Å². The van der Waals surface area contributed by atoms with Crippen LogP contribution in [-0.2, 0) is 4.79 Å². The van der Waals surface area contributed by atoms with Crippen LogP contribution in [0.15, 0.2) is 56.6 Å². The summed E-state index contributed by atoms with van der Waals surface area (Å²) >= 11 is 6.03. The van der Waals surface area contributed by atoms with E-state index in [4.69, 9.17) is 20.4 Å². The summed E-state index contributed by atoms with van der Waals surface area (Å²) in [6.45, 7) is 2.89. The van der Waals surface area contributed by atoms with E-state index in [2.05, 4.69) is 0 Å². The lowest BCUT2D eigenvalue weighted by atomic mass is 9.99. The molecule has 3 heterocycles. The van der Waals surface area contributed by atoms with Crippen molar-refractivity contribution in [2.75, 3.05) is 27.2 Å². The lowest BCUT2D eigenvalue weighted by molar-refractivity contribution is -0.129. The molecule has 0 spiro atoms. The number of Topliss-reactive ketones (excluding diaryl/α,β-unsaturated/α-hetero) is 1. The average Bonchev–Trinajstić information content (AvgIpc) is 3.39. The van der Waals surface area contributed by atoms with Gasteiger partial charge in [0.1, 0.15) is 23.1 Å². The number of aliphatic hydroxyl groups excluding tert-OH is 1. The van der Waals surface area contributed by atoms with E-state index in [-0.39, 0.29) is 11.3 Å². The molecule has 1 unspecified atom stereocenters. The molecule has 1 aliphatic rings. The first-order valence-electron chi connectivity index (χ1n) is 9.95. The van der Waals surface area contributed by atoms with Crippen LogP contribution in [0.25, 0.3) is 11.0 Å². The van der Waals surface area contributed by atoms with Gasteiger partial charge < -0.3 is 23.7 Å². The van der Waals surface area contributed by atoms with Crippen LogP contribution in [0.2, 0.25) is 5.02 Å². The van der Waals surface area contributed by atoms with E-state index >= 15 is 0 Å². The molecule has 31 heavy (non-hydrogen) atoms. The van der Waals surface area contributed by atoms with Crippen LogP contribution in [0.1, 0.15) is 34.5 Å². The number of carbonyl (C=O) groups is 2. The molecule has 1 atom stereocenters. The van der Waals surface area contributed by atoms with Gasteiger partial charge in [0, 0.05) is 17.0 Å². The van der Waals surface area contributed by atoms with E-state index in [1.54, 1.807) is 43.3 Å². The van der Waals surface area contributed by atoms with Crippen molar-refractivity contribution in [2.24, 2.45) is 0 Å². The molecule has 8 heteroatoms. The molecule has 1 aromatic carbocycles. The van der Waals surface area contributed by atoms with E-state index < -0.39 is 23.5 Å². The van der Waals surface area contributed by atoms with Crippen molar-refractivity contribution in [1.82, 2.24) is 9.80 Å². The molecule has 0 radical (unpaired) electrons. The summed E-state index contributed by atoms with van der Waals surface area (Å²) in [6, 6.07) is 9.24. The molecule has 1 amide bonds. The Morgan fingerprint density at radius 2 is 1.97 bits per heavy atom. The predicted molar refractivity (Wildman–Crippen MR) is 116 cm³/mol. The van der Waals surface area contributed by atoms with Crippen molar-refractivity contribution >= 4 is 34.3 Å². The average molecular weight is 443 g/mol. The highest BCUT2D eigenvalue weighted by atomic mass is 35.5. The fourth-order valence-electron chi connectivity index (χ4n) is 3.83. The SMILES string of the molecule is Cc1ccc(C2C(C(=O)c3cc4cc(Cl)ccc4o3)=C(O)C(=O)N2CCCN(C)C)o1. The topological polar surface area (TPSA) is 87.1 Å². The number of benzene rings is 1. The van der Waals surface area contributed by atoms with E-state index in [0.29, 0.717) is 40.5 Å². The third-order valence-electron chi connectivity index (χ3n) is 5.29. The minimum atomic E-state index is -0.826. The Bertz CT molecular complexity index is 1190. The molecule has 7 nitrogen and oxygen atoms in total. The minimum Gasteiger partial charge on any atom is -0.503 e. The van der Waals surface area contributed by atoms with Gasteiger partial charge in [-0.1, -0.05) is 11.6 Å². The number of furan rings is 2. The van der Waals surface area contributed by atoms with Gasteiger partial charge in [0.15, 0.2) is 11.5 Å². The van der Waals surface area contributed by atoms with Crippen LogP contribution >= 0.6 is 11.6 Å². The fourth-order valence-corrected chi connectivity index (χ4v) is 4.01. The van der Waals surface area contributed by atoms with Gasteiger partial charge in [-0.05, 0) is 70.4 Å². The van der Waals surface area contributed by atoms with Gasteiger partial charge in [-0.2, -0.15) is 0 Å². The van der Waals surface area contributed by atoms with Crippen molar-refractivity contribution in [3.8, 4) is 0 Å². The summed E-state index contributed by atoms with van der Waals surface area (Å²) < 4.78 is 11.5. The summed E-state index contributed by atoms with van der Waals surface area (Å²) in [5.41, 5.74) is 0.444. The first kappa shape index (κ1) is 21.2. The molecule has 0 aliphatic carbocycles. The highest BCUT2D eigenvalue weighted by molar-refractivity contribution is 6.31. The quantitative estimate of drug-likeness (QED) is 0.541. The molecule has 1 N–H and O–H groups in total. The van der Waals surface area contributed by atoms with Crippen molar-refractivity contribution in [2.45, 2.75) is 19.4 Å². The Hall–Kier alpha value is -3.03. The first-order valence-corrected chi connectivity index (χ1v) is 10.3. The number of ketones is 1. The molecule has 3 aromatic rings. The Balaban J connectivity index is 1.73. The maximum absolute atomic E-state index is 13.4. The van der Waals surface area contributed by atoms with Crippen LogP contribution in [-0.4, -0.2) is 53.8 Å². The lowest BCUT2D eigenvalue weighted by Gasteiger charge is -2.25. The summed E-state index contributed by atoms with van der Waals surface area (Å²) in [7, 11) is 3.88. The third kappa shape index (κ3) is 3.98. The zero-order valence-electron chi connectivity index (χ0n) is 17.5. The number of carbonyl (C=O) groups excluding carboxylic acids is 2. The Morgan fingerprint density at radius 1 is 1.19 bits per heavy atom. The molecule has 162 valence electrons. The maximum atomic E-state index is 13.4. The number of nitrogens with zero attached hydrogens (tertiary/aromatic N) is 2. The number of hydrogen-bond donors (Lipinski definition) is 1. The first-order chi connectivity index (χ1) is 14.8. The second kappa shape index (κ2) is 8.24. The molecule has 1 aliphatic heterocycles. The number of aryl methyl sites for hydroxylation is 1. The number of aliphatic hydroxyl groups is 1. The van der Waals surface area contributed by atoms with Gasteiger partial charge in [-0.25, -0.2) is 0 Å². The van der Waals surface area contributed by atoms with E-state index in [1.807, 2.05) is 19.0 Å². The van der Waals surface area contributed by atoms with Crippen LogP contribution < -0.4 is 0 Å². The predicted octanol–water partition coefficient (Wildman–Crippen LogP) is 4.52. The standard InChI is InChI=1S/C23H23ClN2O5/c1-13-5-7-17(30-13)20-19(22(28)23(29)26(20)10-4-9-25(2)3)21(27)18-12-14-11-15(24)6-8-16(14)31-18/h5-8,11-12,20,28H,4,9-10H2,1-3H3. The number of amides is 1. The Morgan fingerprint density at radius 3 is 2.65 bits per heavy atom. The Labute approximate surface area is 184 Å². The largest absolute Gasteiger partial charge is 0.503 e. The van der Waals surface area contributed by atoms with Gasteiger partial charge in [0.25, 0.3) is 5.91 Å². The number of hydrogen-bond acceptors (Lipinski definition) is 6. The van der Waals surface area contributed by atoms with Gasteiger partial charge in [0.2, 0.25) is 5.78 Å². The number of fused-ring (bicyclic) bond motifs is 1. The molecule has 0 saturated heterocycles. The normalized spacial score (nSPS) is 16.9. The number of rotatable bonds is 7.